The van der Waals surface area contributed by atoms with Crippen molar-refractivity contribution in [1.82, 2.24) is 5.43 Å². The van der Waals surface area contributed by atoms with E-state index in [1.807, 2.05) is 18.4 Å². The number of amides is 1. The molecule has 0 rings (SSSR count). The lowest BCUT2D eigenvalue weighted by molar-refractivity contribution is -0.117. The highest BCUT2D eigenvalue weighted by Gasteiger charge is 2.00. The molecule has 0 heterocycles. The van der Waals surface area contributed by atoms with Crippen LogP contribution in [0.5, 0.6) is 0 Å². The lowest BCUT2D eigenvalue weighted by Crippen LogP contribution is -2.30. The van der Waals surface area contributed by atoms with Crippen molar-refractivity contribution in [3.8, 4) is 0 Å². The van der Waals surface area contributed by atoms with Crippen LogP contribution in [-0.4, -0.2) is 5.91 Å². The average Bonchev–Trinajstić information content (AvgIpc) is 2.05. The molecule has 0 bridgehead atoms. The van der Waals surface area contributed by atoms with Crippen LogP contribution in [0.25, 0.3) is 0 Å². The van der Waals surface area contributed by atoms with E-state index < -0.39 is 0 Å². The van der Waals surface area contributed by atoms with Crippen LogP contribution in [0.15, 0.2) is 24.3 Å². The van der Waals surface area contributed by atoms with Gasteiger partial charge < -0.3 is 0 Å². The van der Waals surface area contributed by atoms with Gasteiger partial charge in [-0.05, 0) is 6.42 Å². The minimum Gasteiger partial charge on any atom is -0.290 e. The standard InChI is InChI=1S/C8H14N2O/c1-3-5-6-7(4-2)8(11)10-9/h4,6H,2-3,5,9H2,1H3,(H,10,11)/b7-6+. The summed E-state index contributed by atoms with van der Waals surface area (Å²) in [6, 6.07) is 0. The van der Waals surface area contributed by atoms with Crippen LogP contribution in [-0.2, 0) is 4.79 Å². The predicted octanol–water partition coefficient (Wildman–Crippen LogP) is 0.889. The van der Waals surface area contributed by atoms with E-state index in [0.717, 1.165) is 12.8 Å². The van der Waals surface area contributed by atoms with Crippen molar-refractivity contribution in [2.24, 2.45) is 5.84 Å². The fourth-order valence-electron chi connectivity index (χ4n) is 0.652. The fraction of sp³-hybridized carbons (Fsp3) is 0.375. The van der Waals surface area contributed by atoms with Gasteiger partial charge in [0.15, 0.2) is 0 Å². The van der Waals surface area contributed by atoms with E-state index in [-0.39, 0.29) is 5.91 Å². The monoisotopic (exact) mass is 154 g/mol. The number of hydrazine groups is 1. The number of carbonyl (C=O) groups is 1. The predicted molar refractivity (Wildman–Crippen MR) is 45.5 cm³/mol. The van der Waals surface area contributed by atoms with Gasteiger partial charge in [-0.25, -0.2) is 5.84 Å². The molecule has 0 aromatic heterocycles. The SMILES string of the molecule is C=C/C(=C\CCC)C(=O)NN. The van der Waals surface area contributed by atoms with Crippen LogP contribution >= 0.6 is 0 Å². The Labute approximate surface area is 66.9 Å². The molecule has 3 nitrogen and oxygen atoms in total. The van der Waals surface area contributed by atoms with Gasteiger partial charge in [0, 0.05) is 5.57 Å². The summed E-state index contributed by atoms with van der Waals surface area (Å²) in [5.41, 5.74) is 2.58. The van der Waals surface area contributed by atoms with E-state index in [9.17, 15) is 4.79 Å². The maximum Gasteiger partial charge on any atom is 0.264 e. The second kappa shape index (κ2) is 5.68. The third-order valence-corrected chi connectivity index (χ3v) is 1.27. The van der Waals surface area contributed by atoms with Gasteiger partial charge in [0.1, 0.15) is 0 Å². The Morgan fingerprint density at radius 2 is 2.36 bits per heavy atom. The van der Waals surface area contributed by atoms with Crippen molar-refractivity contribution in [1.29, 1.82) is 0 Å². The van der Waals surface area contributed by atoms with Crippen molar-refractivity contribution < 1.29 is 4.79 Å². The van der Waals surface area contributed by atoms with Crippen LogP contribution in [0.4, 0.5) is 0 Å². The summed E-state index contributed by atoms with van der Waals surface area (Å²) in [6.07, 6.45) is 5.19. The van der Waals surface area contributed by atoms with Crippen LogP contribution in [0.2, 0.25) is 0 Å². The molecule has 0 aliphatic rings. The second-order valence-corrected chi connectivity index (χ2v) is 2.13. The number of nitrogens with two attached hydrogens (primary N) is 1. The zero-order chi connectivity index (χ0) is 8.69. The molecule has 0 aromatic carbocycles. The van der Waals surface area contributed by atoms with Gasteiger partial charge in [-0.2, -0.15) is 0 Å². The summed E-state index contributed by atoms with van der Waals surface area (Å²) in [5.74, 6) is 4.65. The molecule has 3 heteroatoms. The second-order valence-electron chi connectivity index (χ2n) is 2.13. The number of hydrogen-bond donors (Lipinski definition) is 2. The Morgan fingerprint density at radius 3 is 2.73 bits per heavy atom. The maximum absolute atomic E-state index is 10.9. The number of rotatable bonds is 4. The van der Waals surface area contributed by atoms with E-state index in [1.165, 1.54) is 6.08 Å². The fourth-order valence-corrected chi connectivity index (χ4v) is 0.652. The highest BCUT2D eigenvalue weighted by atomic mass is 16.2. The van der Waals surface area contributed by atoms with Crippen LogP contribution in [0.1, 0.15) is 19.8 Å². The lowest BCUT2D eigenvalue weighted by atomic mass is 10.2. The first-order valence-corrected chi connectivity index (χ1v) is 3.59. The van der Waals surface area contributed by atoms with Crippen molar-refractivity contribution in [3.05, 3.63) is 24.3 Å². The van der Waals surface area contributed by atoms with E-state index in [1.54, 1.807) is 0 Å². The van der Waals surface area contributed by atoms with Gasteiger partial charge in [-0.15, -0.1) is 0 Å². The summed E-state index contributed by atoms with van der Waals surface area (Å²) >= 11 is 0. The highest BCUT2D eigenvalue weighted by molar-refractivity contribution is 5.95. The number of carbonyl (C=O) groups excluding carboxylic acids is 1. The number of allylic oxidation sites excluding steroid dienone is 1. The molecule has 0 aliphatic carbocycles. The lowest BCUT2D eigenvalue weighted by Gasteiger charge is -1.98. The molecule has 0 radical (unpaired) electrons. The molecule has 0 aliphatic heterocycles. The average molecular weight is 154 g/mol. The first kappa shape index (κ1) is 9.91. The van der Waals surface area contributed by atoms with E-state index in [4.69, 9.17) is 5.84 Å². The maximum atomic E-state index is 10.9. The number of hydrogen-bond acceptors (Lipinski definition) is 2. The molecule has 0 aromatic rings. The first-order chi connectivity index (χ1) is 5.26. The molecule has 0 fully saturated rings. The summed E-state index contributed by atoms with van der Waals surface area (Å²) in [5, 5.41) is 0. The third kappa shape index (κ3) is 3.57. The minimum absolute atomic E-state index is 0.284. The molecule has 3 N–H and O–H groups in total. The van der Waals surface area contributed by atoms with E-state index in [0.29, 0.717) is 5.57 Å². The third-order valence-electron chi connectivity index (χ3n) is 1.27. The molecular weight excluding hydrogens is 140 g/mol. The Bertz CT molecular complexity index is 173. The van der Waals surface area contributed by atoms with Gasteiger partial charge >= 0.3 is 0 Å². The molecule has 0 atom stereocenters. The normalized spacial score (nSPS) is 10.9. The van der Waals surface area contributed by atoms with Crippen molar-refractivity contribution >= 4 is 5.91 Å². The highest BCUT2D eigenvalue weighted by Crippen LogP contribution is 1.99. The van der Waals surface area contributed by atoms with E-state index >= 15 is 0 Å². The van der Waals surface area contributed by atoms with Crippen LogP contribution in [0, 0.1) is 0 Å². The quantitative estimate of drug-likeness (QED) is 0.208. The van der Waals surface area contributed by atoms with Crippen LogP contribution < -0.4 is 11.3 Å². The topological polar surface area (TPSA) is 55.1 Å². The minimum atomic E-state index is -0.284. The zero-order valence-corrected chi connectivity index (χ0v) is 6.76. The number of unbranched alkanes of at least 4 members (excludes halogenated alkanes) is 1. The summed E-state index contributed by atoms with van der Waals surface area (Å²) in [4.78, 5) is 10.9. The van der Waals surface area contributed by atoms with Gasteiger partial charge in [-0.1, -0.05) is 32.1 Å². The largest absolute Gasteiger partial charge is 0.290 e. The Balaban J connectivity index is 4.14. The molecule has 0 unspecified atom stereocenters. The smallest absolute Gasteiger partial charge is 0.264 e. The van der Waals surface area contributed by atoms with Gasteiger partial charge in [-0.3, -0.25) is 10.2 Å². The zero-order valence-electron chi connectivity index (χ0n) is 6.76. The summed E-state index contributed by atoms with van der Waals surface area (Å²) in [6.45, 7) is 5.54. The summed E-state index contributed by atoms with van der Waals surface area (Å²) in [7, 11) is 0. The molecule has 0 saturated heterocycles. The van der Waals surface area contributed by atoms with Crippen molar-refractivity contribution in [2.45, 2.75) is 19.8 Å². The molecule has 11 heavy (non-hydrogen) atoms. The molecule has 0 spiro atoms. The van der Waals surface area contributed by atoms with Gasteiger partial charge in [0.2, 0.25) is 0 Å². The number of nitrogens with one attached hydrogen (secondary N) is 1. The summed E-state index contributed by atoms with van der Waals surface area (Å²) < 4.78 is 0. The van der Waals surface area contributed by atoms with E-state index in [2.05, 4.69) is 6.58 Å². The van der Waals surface area contributed by atoms with Gasteiger partial charge in [0.25, 0.3) is 5.91 Å². The first-order valence-electron chi connectivity index (χ1n) is 3.59. The van der Waals surface area contributed by atoms with Crippen LogP contribution in [0.3, 0.4) is 0 Å². The molecule has 0 saturated carbocycles. The Morgan fingerprint density at radius 1 is 1.73 bits per heavy atom. The molecular formula is C8H14N2O. The van der Waals surface area contributed by atoms with Crippen molar-refractivity contribution in [3.63, 3.8) is 0 Å². The molecule has 1 amide bonds. The molecule has 62 valence electrons. The van der Waals surface area contributed by atoms with Crippen molar-refractivity contribution in [2.75, 3.05) is 0 Å². The van der Waals surface area contributed by atoms with Gasteiger partial charge in [0.05, 0.1) is 0 Å². The Hall–Kier alpha value is -1.09. The Kier molecular flexibility index (Phi) is 5.11.